The Morgan fingerprint density at radius 2 is 2.07 bits per heavy atom. The Hall–Kier alpha value is -0.610. The van der Waals surface area contributed by atoms with Crippen LogP contribution in [0.25, 0.3) is 0 Å². The van der Waals surface area contributed by atoms with Gasteiger partial charge in [0.2, 0.25) is 5.91 Å². The monoisotopic (exact) mass is 215 g/mol. The molecule has 4 heteroatoms. The van der Waals surface area contributed by atoms with Crippen molar-refractivity contribution >= 4 is 5.91 Å². The molecule has 0 aliphatic heterocycles. The summed E-state index contributed by atoms with van der Waals surface area (Å²) in [6.45, 7) is 0.805. The highest BCUT2D eigenvalue weighted by atomic mass is 16.5. The zero-order chi connectivity index (χ0) is 11.1. The molecule has 88 valence electrons. The van der Waals surface area contributed by atoms with Crippen molar-refractivity contribution in [1.29, 1.82) is 0 Å². The molecule has 0 radical (unpaired) electrons. The van der Waals surface area contributed by atoms with E-state index in [0.717, 1.165) is 25.7 Å². The van der Waals surface area contributed by atoms with Gasteiger partial charge in [-0.25, -0.2) is 0 Å². The third kappa shape index (κ3) is 4.62. The number of hydrogen-bond acceptors (Lipinski definition) is 3. The van der Waals surface area contributed by atoms with E-state index >= 15 is 0 Å². The van der Waals surface area contributed by atoms with Crippen LogP contribution in [-0.2, 0) is 9.53 Å². The van der Waals surface area contributed by atoms with E-state index < -0.39 is 0 Å². The average Bonchev–Trinajstić information content (AvgIpc) is 2.29. The molecule has 0 atom stereocenters. The molecule has 0 saturated heterocycles. The van der Waals surface area contributed by atoms with Crippen LogP contribution in [0.3, 0.4) is 0 Å². The number of rotatable bonds is 5. The molecule has 0 aromatic rings. The van der Waals surface area contributed by atoms with Crippen LogP contribution in [0.4, 0.5) is 0 Å². The molecule has 0 spiro atoms. The Kier molecular flexibility index (Phi) is 5.65. The van der Waals surface area contributed by atoms with Gasteiger partial charge in [0.15, 0.2) is 0 Å². The summed E-state index contributed by atoms with van der Waals surface area (Å²) >= 11 is 0. The van der Waals surface area contributed by atoms with E-state index in [1.165, 1.54) is 0 Å². The third-order valence-electron chi connectivity index (χ3n) is 3.01. The normalized spacial score (nSPS) is 26.3. The molecule has 1 aliphatic rings. The van der Waals surface area contributed by atoms with Gasteiger partial charge >= 0.3 is 0 Å². The van der Waals surface area contributed by atoms with E-state index in [-0.39, 0.29) is 12.0 Å². The number of carbonyl (C=O) groups excluding carboxylic acids is 1. The lowest BCUT2D eigenvalue weighted by molar-refractivity contribution is -0.122. The maximum absolute atomic E-state index is 10.9. The van der Waals surface area contributed by atoms with Crippen LogP contribution < -0.4 is 5.32 Å². The summed E-state index contributed by atoms with van der Waals surface area (Å²) in [6.07, 6.45) is 4.84. The smallest absolute Gasteiger partial charge is 0.222 e. The van der Waals surface area contributed by atoms with Crippen LogP contribution in [0.15, 0.2) is 0 Å². The molecule has 0 aromatic carbocycles. The lowest BCUT2D eigenvalue weighted by Gasteiger charge is -2.27. The molecule has 1 amide bonds. The SMILES string of the molecule is CNC(=O)CCOC1CCC(CO)CC1. The summed E-state index contributed by atoms with van der Waals surface area (Å²) in [5, 5.41) is 11.5. The van der Waals surface area contributed by atoms with Crippen molar-refractivity contribution in [2.75, 3.05) is 20.3 Å². The number of aliphatic hydroxyl groups excluding tert-OH is 1. The van der Waals surface area contributed by atoms with E-state index in [4.69, 9.17) is 9.84 Å². The summed E-state index contributed by atoms with van der Waals surface area (Å²) in [6, 6.07) is 0. The van der Waals surface area contributed by atoms with Crippen LogP contribution in [0, 0.1) is 5.92 Å². The zero-order valence-corrected chi connectivity index (χ0v) is 9.37. The molecule has 0 unspecified atom stereocenters. The van der Waals surface area contributed by atoms with Crippen LogP contribution in [0.5, 0.6) is 0 Å². The Labute approximate surface area is 91.0 Å². The zero-order valence-electron chi connectivity index (χ0n) is 9.37. The summed E-state index contributed by atoms with van der Waals surface area (Å²) in [5.41, 5.74) is 0. The van der Waals surface area contributed by atoms with Gasteiger partial charge in [0, 0.05) is 20.1 Å². The summed E-state index contributed by atoms with van der Waals surface area (Å²) in [7, 11) is 1.63. The first kappa shape index (κ1) is 12.5. The Balaban J connectivity index is 2.06. The second-order valence-corrected chi connectivity index (χ2v) is 4.12. The number of aliphatic hydroxyl groups is 1. The van der Waals surface area contributed by atoms with Gasteiger partial charge in [-0.2, -0.15) is 0 Å². The highest BCUT2D eigenvalue weighted by Gasteiger charge is 2.20. The lowest BCUT2D eigenvalue weighted by Crippen LogP contribution is -2.25. The molecular formula is C11H21NO3. The van der Waals surface area contributed by atoms with Crippen molar-refractivity contribution in [3.05, 3.63) is 0 Å². The van der Waals surface area contributed by atoms with Gasteiger partial charge in [-0.3, -0.25) is 4.79 Å². The maximum atomic E-state index is 10.9. The molecule has 1 fully saturated rings. The van der Waals surface area contributed by atoms with Crippen LogP contribution in [0.2, 0.25) is 0 Å². The number of ether oxygens (including phenoxy) is 1. The minimum atomic E-state index is 0.0269. The highest BCUT2D eigenvalue weighted by molar-refractivity contribution is 5.75. The Bertz CT molecular complexity index is 188. The first-order valence-electron chi connectivity index (χ1n) is 5.69. The van der Waals surface area contributed by atoms with Crippen molar-refractivity contribution in [2.24, 2.45) is 5.92 Å². The molecule has 1 saturated carbocycles. The van der Waals surface area contributed by atoms with Crippen molar-refractivity contribution in [2.45, 2.75) is 38.2 Å². The van der Waals surface area contributed by atoms with Gasteiger partial charge < -0.3 is 15.2 Å². The van der Waals surface area contributed by atoms with Gasteiger partial charge in [0.25, 0.3) is 0 Å². The molecule has 1 aliphatic carbocycles. The van der Waals surface area contributed by atoms with E-state index in [0.29, 0.717) is 25.6 Å². The van der Waals surface area contributed by atoms with Crippen molar-refractivity contribution < 1.29 is 14.6 Å². The van der Waals surface area contributed by atoms with Gasteiger partial charge in [-0.15, -0.1) is 0 Å². The first-order valence-corrected chi connectivity index (χ1v) is 5.69. The van der Waals surface area contributed by atoms with Gasteiger partial charge in [0.1, 0.15) is 0 Å². The second-order valence-electron chi connectivity index (χ2n) is 4.12. The van der Waals surface area contributed by atoms with E-state index in [1.807, 2.05) is 0 Å². The molecule has 0 heterocycles. The van der Waals surface area contributed by atoms with Crippen LogP contribution in [0.1, 0.15) is 32.1 Å². The van der Waals surface area contributed by atoms with Crippen molar-refractivity contribution in [3.63, 3.8) is 0 Å². The Morgan fingerprint density at radius 3 is 2.60 bits per heavy atom. The molecule has 4 nitrogen and oxygen atoms in total. The van der Waals surface area contributed by atoms with Gasteiger partial charge in [-0.1, -0.05) is 0 Å². The number of hydrogen-bond donors (Lipinski definition) is 2. The minimum absolute atomic E-state index is 0.0269. The van der Waals surface area contributed by atoms with Crippen LogP contribution >= 0.6 is 0 Å². The van der Waals surface area contributed by atoms with Crippen molar-refractivity contribution in [1.82, 2.24) is 5.32 Å². The minimum Gasteiger partial charge on any atom is -0.396 e. The lowest BCUT2D eigenvalue weighted by atomic mass is 9.88. The molecule has 1 rings (SSSR count). The fraction of sp³-hybridized carbons (Fsp3) is 0.909. The van der Waals surface area contributed by atoms with Gasteiger partial charge in [-0.05, 0) is 31.6 Å². The highest BCUT2D eigenvalue weighted by Crippen LogP contribution is 2.25. The fourth-order valence-corrected chi connectivity index (χ4v) is 1.92. The quantitative estimate of drug-likeness (QED) is 0.709. The summed E-state index contributed by atoms with van der Waals surface area (Å²) < 4.78 is 5.61. The maximum Gasteiger partial charge on any atom is 0.222 e. The van der Waals surface area contributed by atoms with Crippen LogP contribution in [-0.4, -0.2) is 37.4 Å². The summed E-state index contributed by atoms with van der Waals surface area (Å²) in [4.78, 5) is 10.9. The third-order valence-corrected chi connectivity index (χ3v) is 3.01. The molecular weight excluding hydrogens is 194 g/mol. The first-order chi connectivity index (χ1) is 7.26. The van der Waals surface area contributed by atoms with E-state index in [1.54, 1.807) is 7.05 Å². The van der Waals surface area contributed by atoms with Gasteiger partial charge in [0.05, 0.1) is 12.7 Å². The molecule has 2 N–H and O–H groups in total. The largest absolute Gasteiger partial charge is 0.396 e. The number of carbonyl (C=O) groups is 1. The van der Waals surface area contributed by atoms with E-state index in [2.05, 4.69) is 5.32 Å². The topological polar surface area (TPSA) is 58.6 Å². The number of amides is 1. The summed E-state index contributed by atoms with van der Waals surface area (Å²) in [5.74, 6) is 0.489. The Morgan fingerprint density at radius 1 is 1.40 bits per heavy atom. The van der Waals surface area contributed by atoms with Crippen molar-refractivity contribution in [3.8, 4) is 0 Å². The predicted molar refractivity (Wildman–Crippen MR) is 57.5 cm³/mol. The second kappa shape index (κ2) is 6.80. The standard InChI is InChI=1S/C11H21NO3/c1-12-11(14)6-7-15-10-4-2-9(8-13)3-5-10/h9-10,13H,2-8H2,1H3,(H,12,14). The molecule has 0 aromatic heterocycles. The average molecular weight is 215 g/mol. The van der Waals surface area contributed by atoms with E-state index in [9.17, 15) is 4.79 Å². The number of nitrogens with one attached hydrogen (secondary N) is 1. The predicted octanol–water partition coefficient (Wildman–Crippen LogP) is 0.690. The molecule has 15 heavy (non-hydrogen) atoms. The molecule has 0 bridgehead atoms. The fourth-order valence-electron chi connectivity index (χ4n) is 1.92.